The normalized spacial score (nSPS) is 14.8. The number of fused-ring (bicyclic) bond motifs is 4. The fourth-order valence-electron chi connectivity index (χ4n) is 11.8. The molecule has 0 bridgehead atoms. The number of aliphatic hydroxyl groups excluding tert-OH is 1. The first-order valence-electron chi connectivity index (χ1n) is 29.6. The Morgan fingerprint density at radius 3 is 1.32 bits per heavy atom. The Morgan fingerprint density at radius 2 is 0.863 bits per heavy atom. The zero-order valence-corrected chi connectivity index (χ0v) is 51.6. The number of carbonyl (C=O) groups is 3. The summed E-state index contributed by atoms with van der Waals surface area (Å²) in [5.41, 5.74) is 8.19. The van der Waals surface area contributed by atoms with E-state index in [-0.39, 0.29) is 22.9 Å². The van der Waals surface area contributed by atoms with Gasteiger partial charge in [0.15, 0.2) is 17.3 Å². The fraction of sp³-hybridized carbons (Fsp3) is 0.357. The van der Waals surface area contributed by atoms with Gasteiger partial charge in [0, 0.05) is 102 Å². The van der Waals surface area contributed by atoms with E-state index in [9.17, 15) is 19.5 Å². The summed E-state index contributed by atoms with van der Waals surface area (Å²) in [6.07, 6.45) is 26.0. The summed E-state index contributed by atoms with van der Waals surface area (Å²) in [5, 5.41) is 14.1. The molecule has 2 aliphatic rings. The van der Waals surface area contributed by atoms with Crippen LogP contribution in [0.1, 0.15) is 204 Å². The molecule has 2 aliphatic carbocycles. The number of hydrogen-bond donors (Lipinski definition) is 1. The van der Waals surface area contributed by atoms with Crippen LogP contribution in [0.25, 0.3) is 72.7 Å². The highest BCUT2D eigenvalue weighted by Crippen LogP contribution is 2.56. The molecular formula is C70H72O4S6. The lowest BCUT2D eigenvalue weighted by molar-refractivity contribution is 0.0986. The number of hydrogen-bond acceptors (Lipinski definition) is 10. The quantitative estimate of drug-likeness (QED) is 0.0333. The second-order valence-electron chi connectivity index (χ2n) is 21.9. The first-order chi connectivity index (χ1) is 39.2. The molecular weight excluding hydrogens is 1100 g/mol. The summed E-state index contributed by atoms with van der Waals surface area (Å²) in [5.74, 6) is -0.459. The van der Waals surface area contributed by atoms with Crippen LogP contribution in [0.2, 0.25) is 0 Å². The molecule has 6 heterocycles. The molecule has 9 aromatic rings. The number of carbonyl (C=O) groups excluding carboxylic acids is 3. The Kier molecular flexibility index (Phi) is 18.4. The highest BCUT2D eigenvalue weighted by atomic mass is 32.1. The van der Waals surface area contributed by atoms with Crippen LogP contribution in [0.4, 0.5) is 0 Å². The second kappa shape index (κ2) is 26.0. The summed E-state index contributed by atoms with van der Waals surface area (Å²) >= 11 is 11.2. The van der Waals surface area contributed by atoms with Crippen LogP contribution in [0.3, 0.4) is 0 Å². The van der Waals surface area contributed by atoms with Gasteiger partial charge in [-0.15, -0.1) is 68.0 Å². The summed E-state index contributed by atoms with van der Waals surface area (Å²) in [7, 11) is 0. The maximum Gasteiger partial charge on any atom is 0.197 e. The number of unbranched alkanes of at least 4 members (excludes halogenated alkanes) is 12. The van der Waals surface area contributed by atoms with Crippen molar-refractivity contribution >= 4 is 118 Å². The molecule has 0 amide bonds. The number of thiophene rings is 6. The Morgan fingerprint density at radius 1 is 0.425 bits per heavy atom. The summed E-state index contributed by atoms with van der Waals surface area (Å²) in [4.78, 5) is 53.8. The van der Waals surface area contributed by atoms with Gasteiger partial charge in [-0.1, -0.05) is 153 Å². The van der Waals surface area contributed by atoms with Gasteiger partial charge in [0.2, 0.25) is 0 Å². The molecule has 412 valence electrons. The van der Waals surface area contributed by atoms with Crippen molar-refractivity contribution in [2.45, 2.75) is 162 Å². The second-order valence-corrected chi connectivity index (χ2v) is 28.5. The minimum absolute atomic E-state index is 0.0890. The molecule has 10 heteroatoms. The molecule has 0 fully saturated rings. The van der Waals surface area contributed by atoms with Crippen molar-refractivity contribution in [3.05, 3.63) is 161 Å². The lowest BCUT2D eigenvalue weighted by atomic mass is 9.99. The Hall–Kier alpha value is -5.17. The highest BCUT2D eigenvalue weighted by Gasteiger charge is 2.35. The van der Waals surface area contributed by atoms with E-state index in [1.165, 1.54) is 158 Å². The van der Waals surface area contributed by atoms with Crippen LogP contribution < -0.4 is 0 Å². The molecule has 1 N–H and O–H groups in total. The Balaban J connectivity index is 1.11. The Bertz CT molecular complexity index is 3640. The molecule has 6 aromatic heterocycles. The van der Waals surface area contributed by atoms with Crippen molar-refractivity contribution in [3.8, 4) is 40.4 Å². The van der Waals surface area contributed by atoms with Gasteiger partial charge in [-0.25, -0.2) is 0 Å². The van der Waals surface area contributed by atoms with E-state index < -0.39 is 6.10 Å². The molecule has 0 aliphatic heterocycles. The number of rotatable bonds is 26. The van der Waals surface area contributed by atoms with Gasteiger partial charge in [-0.05, 0) is 129 Å². The van der Waals surface area contributed by atoms with Crippen LogP contribution in [0.15, 0.2) is 108 Å². The fourth-order valence-corrected chi connectivity index (χ4v) is 19.2. The molecule has 1 unspecified atom stereocenters. The van der Waals surface area contributed by atoms with Gasteiger partial charge in [-0.3, -0.25) is 14.4 Å². The lowest BCUT2D eigenvalue weighted by Crippen LogP contribution is -1.99. The van der Waals surface area contributed by atoms with Crippen LogP contribution in [-0.2, 0) is 25.7 Å². The largest absolute Gasteiger partial charge is 0.383 e. The number of allylic oxidation sites excluding steroid dienone is 1. The SMILES string of the molecule is CCCCCCc1ccc(-c2c3cc(-c4sc(/C=C5/C(=O)c6ccccc6C5O)cc4CCCCCC)sc3c(-c3ccc(CCCCCC)s3)c3cc(-c4sc(C=C5C(=O)c6ccccc6C5=O)cc4CCCCCC)sc23)s1. The van der Waals surface area contributed by atoms with Gasteiger partial charge in [0.05, 0.1) is 5.57 Å². The molecule has 4 nitrogen and oxygen atoms in total. The average molecular weight is 1170 g/mol. The standard InChI is InChI=1S/C70H72O4S6/c1-5-9-13-17-25-43-37-47(39-55-63(71)49-29-21-22-30-50(49)64(55)72)77-67(43)59-41-53-61(57-35-33-45(75-57)27-19-15-11-7-3)70-54(62(69(53)79-59)58-36-34-46(76-58)28-20-16-12-8-4)42-60(80-70)68-44(26-18-14-10-6-2)38-48(78-68)40-56-65(73)51-31-23-24-32-52(51)66(56)74/h21-24,29-42,63,71H,5-20,25-28H2,1-4H3/b55-39+. The smallest absolute Gasteiger partial charge is 0.197 e. The first-order valence-corrected chi connectivity index (χ1v) is 34.5. The number of ketones is 3. The lowest BCUT2D eigenvalue weighted by Gasteiger charge is -2.09. The van der Waals surface area contributed by atoms with Gasteiger partial charge in [0.25, 0.3) is 0 Å². The molecule has 0 spiro atoms. The molecule has 0 saturated carbocycles. The van der Waals surface area contributed by atoms with E-state index in [0.29, 0.717) is 27.8 Å². The van der Waals surface area contributed by atoms with Gasteiger partial charge in [-0.2, -0.15) is 0 Å². The topological polar surface area (TPSA) is 71.4 Å². The summed E-state index contributed by atoms with van der Waals surface area (Å²) in [6, 6.07) is 33.8. The molecule has 80 heavy (non-hydrogen) atoms. The van der Waals surface area contributed by atoms with E-state index in [1.807, 2.05) is 93.9 Å². The number of aryl methyl sites for hydroxylation is 4. The van der Waals surface area contributed by atoms with Crippen molar-refractivity contribution < 1.29 is 19.5 Å². The van der Waals surface area contributed by atoms with Gasteiger partial charge in [0.1, 0.15) is 6.10 Å². The van der Waals surface area contributed by atoms with E-state index in [1.54, 1.807) is 34.8 Å². The van der Waals surface area contributed by atoms with E-state index in [0.717, 1.165) is 61.1 Å². The van der Waals surface area contributed by atoms with E-state index in [4.69, 9.17) is 0 Å². The molecule has 3 aromatic carbocycles. The van der Waals surface area contributed by atoms with Crippen molar-refractivity contribution in [1.82, 2.24) is 0 Å². The third-order valence-electron chi connectivity index (χ3n) is 16.1. The predicted molar refractivity (Wildman–Crippen MR) is 349 cm³/mol. The zero-order chi connectivity index (χ0) is 55.3. The number of aliphatic hydroxyl groups is 1. The van der Waals surface area contributed by atoms with Crippen LogP contribution in [-0.4, -0.2) is 22.5 Å². The number of Topliss-reactive ketones (excluding diaryl/α,β-unsaturated/α-hetero) is 3. The number of benzene rings is 3. The van der Waals surface area contributed by atoms with Crippen LogP contribution in [0, 0.1) is 0 Å². The molecule has 0 saturated heterocycles. The highest BCUT2D eigenvalue weighted by molar-refractivity contribution is 7.29. The van der Waals surface area contributed by atoms with E-state index >= 15 is 0 Å². The minimum Gasteiger partial charge on any atom is -0.383 e. The van der Waals surface area contributed by atoms with E-state index in [2.05, 4.69) is 76.2 Å². The average Bonchev–Trinajstić information content (AvgIpc) is 4.55. The van der Waals surface area contributed by atoms with Crippen molar-refractivity contribution in [1.29, 1.82) is 0 Å². The van der Waals surface area contributed by atoms with Gasteiger partial charge >= 0.3 is 0 Å². The van der Waals surface area contributed by atoms with Crippen molar-refractivity contribution in [2.75, 3.05) is 0 Å². The molecule has 1 atom stereocenters. The van der Waals surface area contributed by atoms with Crippen molar-refractivity contribution in [2.24, 2.45) is 0 Å². The zero-order valence-electron chi connectivity index (χ0n) is 46.7. The summed E-state index contributed by atoms with van der Waals surface area (Å²) < 4.78 is 2.61. The third-order valence-corrected chi connectivity index (χ3v) is 23.3. The third kappa shape index (κ3) is 11.8. The monoisotopic (exact) mass is 1170 g/mol. The van der Waals surface area contributed by atoms with Crippen molar-refractivity contribution in [3.63, 3.8) is 0 Å². The Labute approximate surface area is 497 Å². The van der Waals surface area contributed by atoms with Crippen LogP contribution in [0.5, 0.6) is 0 Å². The molecule has 11 rings (SSSR count). The van der Waals surface area contributed by atoms with Gasteiger partial charge < -0.3 is 5.11 Å². The first kappa shape index (κ1) is 56.7. The molecule has 0 radical (unpaired) electrons. The maximum atomic E-state index is 13.8. The minimum atomic E-state index is -0.942. The summed E-state index contributed by atoms with van der Waals surface area (Å²) in [6.45, 7) is 9.08. The van der Waals surface area contributed by atoms with Crippen LogP contribution >= 0.6 is 68.0 Å². The maximum absolute atomic E-state index is 13.8. The predicted octanol–water partition coefficient (Wildman–Crippen LogP) is 22.3.